The van der Waals surface area contributed by atoms with E-state index < -0.39 is 52.1 Å². The molecule has 0 bridgehead atoms. The molecule has 7 heteroatoms. The van der Waals surface area contributed by atoms with Crippen LogP contribution in [0, 0.1) is 17.6 Å². The summed E-state index contributed by atoms with van der Waals surface area (Å²) in [5.74, 6) is -9.60. The molecule has 3 nitrogen and oxygen atoms in total. The zero-order valence-electron chi connectivity index (χ0n) is 13.5. The van der Waals surface area contributed by atoms with E-state index in [9.17, 15) is 31.9 Å². The first-order chi connectivity index (χ1) is 12.8. The standard InChI is InChI=1S/C20H10F4O3/c21-12-5-1-10(2-6-12)18(25)14-9-15(23)16(17(24)20(14)27)19(26)11-3-7-13(22)8-4-11/h1-9,14H. The van der Waals surface area contributed by atoms with Crippen molar-refractivity contribution < 1.29 is 31.9 Å². The zero-order chi connectivity index (χ0) is 19.7. The second-order valence-corrected chi connectivity index (χ2v) is 5.75. The third kappa shape index (κ3) is 3.48. The maximum Gasteiger partial charge on any atom is 0.206 e. The molecule has 1 atom stereocenters. The van der Waals surface area contributed by atoms with Crippen LogP contribution in [0.15, 0.2) is 71.8 Å². The third-order valence-corrected chi connectivity index (χ3v) is 4.01. The van der Waals surface area contributed by atoms with Crippen molar-refractivity contribution in [2.45, 2.75) is 0 Å². The van der Waals surface area contributed by atoms with Gasteiger partial charge < -0.3 is 0 Å². The van der Waals surface area contributed by atoms with Crippen LogP contribution in [0.2, 0.25) is 0 Å². The Hall–Kier alpha value is -3.35. The van der Waals surface area contributed by atoms with Crippen LogP contribution >= 0.6 is 0 Å². The molecule has 2 aromatic carbocycles. The van der Waals surface area contributed by atoms with Gasteiger partial charge in [-0.05, 0) is 54.6 Å². The molecule has 0 saturated heterocycles. The van der Waals surface area contributed by atoms with Crippen molar-refractivity contribution in [1.82, 2.24) is 0 Å². The molecule has 0 spiro atoms. The molecule has 0 aromatic heterocycles. The molecule has 136 valence electrons. The maximum absolute atomic E-state index is 14.4. The molecule has 0 amide bonds. The highest BCUT2D eigenvalue weighted by molar-refractivity contribution is 6.23. The molecule has 0 aliphatic heterocycles. The summed E-state index contributed by atoms with van der Waals surface area (Å²) in [5, 5.41) is 0. The van der Waals surface area contributed by atoms with E-state index in [2.05, 4.69) is 0 Å². The number of halogens is 4. The highest BCUT2D eigenvalue weighted by Gasteiger charge is 2.38. The normalized spacial score (nSPS) is 17.0. The Balaban J connectivity index is 1.94. The molecule has 3 rings (SSSR count). The van der Waals surface area contributed by atoms with E-state index in [1.54, 1.807) is 0 Å². The lowest BCUT2D eigenvalue weighted by molar-refractivity contribution is -0.118. The van der Waals surface area contributed by atoms with Gasteiger partial charge in [0.1, 0.15) is 23.4 Å². The fraction of sp³-hybridized carbons (Fsp3) is 0.0500. The highest BCUT2D eigenvalue weighted by Crippen LogP contribution is 2.32. The summed E-state index contributed by atoms with van der Waals surface area (Å²) in [6.45, 7) is 0. The Labute approximate surface area is 150 Å². The summed E-state index contributed by atoms with van der Waals surface area (Å²) in [7, 11) is 0. The topological polar surface area (TPSA) is 51.2 Å². The number of Topliss-reactive ketones (excluding diaryl/α,β-unsaturated/α-hetero) is 3. The first-order valence-corrected chi connectivity index (χ1v) is 7.71. The van der Waals surface area contributed by atoms with E-state index in [1.165, 1.54) is 0 Å². The van der Waals surface area contributed by atoms with Gasteiger partial charge in [-0.3, -0.25) is 14.4 Å². The van der Waals surface area contributed by atoms with E-state index in [0.29, 0.717) is 6.08 Å². The van der Waals surface area contributed by atoms with E-state index in [-0.39, 0.29) is 11.1 Å². The summed E-state index contributed by atoms with van der Waals surface area (Å²) in [4.78, 5) is 36.8. The zero-order valence-corrected chi connectivity index (χ0v) is 13.5. The molecular formula is C20H10F4O3. The number of carbonyl (C=O) groups excluding carboxylic acids is 3. The minimum atomic E-state index is -1.81. The maximum atomic E-state index is 14.4. The van der Waals surface area contributed by atoms with E-state index >= 15 is 0 Å². The van der Waals surface area contributed by atoms with Crippen LogP contribution in [-0.2, 0) is 4.79 Å². The van der Waals surface area contributed by atoms with E-state index in [0.717, 1.165) is 48.5 Å². The lowest BCUT2D eigenvalue weighted by Gasteiger charge is -2.17. The minimum Gasteiger partial charge on any atom is -0.293 e. The van der Waals surface area contributed by atoms with Gasteiger partial charge in [0.2, 0.25) is 5.78 Å². The van der Waals surface area contributed by atoms with Crippen LogP contribution in [-0.4, -0.2) is 17.3 Å². The van der Waals surface area contributed by atoms with Gasteiger partial charge in [0.25, 0.3) is 0 Å². The fourth-order valence-electron chi connectivity index (χ4n) is 2.61. The molecule has 0 N–H and O–H groups in total. The van der Waals surface area contributed by atoms with Crippen molar-refractivity contribution in [1.29, 1.82) is 0 Å². The summed E-state index contributed by atoms with van der Waals surface area (Å²) in [5.41, 5.74) is -1.45. The summed E-state index contributed by atoms with van der Waals surface area (Å²) in [6, 6.07) is 8.00. The smallest absolute Gasteiger partial charge is 0.206 e. The van der Waals surface area contributed by atoms with E-state index in [4.69, 9.17) is 0 Å². The fourth-order valence-corrected chi connectivity index (χ4v) is 2.61. The summed E-state index contributed by atoms with van der Waals surface area (Å²) < 4.78 is 54.7. The van der Waals surface area contributed by atoms with Gasteiger partial charge in [-0.2, -0.15) is 0 Å². The molecule has 0 radical (unpaired) electrons. The van der Waals surface area contributed by atoms with Crippen LogP contribution in [0.25, 0.3) is 0 Å². The van der Waals surface area contributed by atoms with Gasteiger partial charge in [-0.1, -0.05) is 0 Å². The SMILES string of the molecule is O=C(C1=C(F)C(=O)C(C(=O)c2ccc(F)cc2)C=C1F)c1ccc(F)cc1. The lowest BCUT2D eigenvalue weighted by Crippen LogP contribution is -2.28. The number of hydrogen-bond donors (Lipinski definition) is 0. The average Bonchev–Trinajstić information content (AvgIpc) is 2.65. The Bertz CT molecular complexity index is 1000. The van der Waals surface area contributed by atoms with Crippen molar-refractivity contribution in [2.24, 2.45) is 5.92 Å². The quantitative estimate of drug-likeness (QED) is 0.455. The first kappa shape index (κ1) is 18.4. The van der Waals surface area contributed by atoms with Gasteiger partial charge in [-0.15, -0.1) is 0 Å². The number of benzene rings is 2. The van der Waals surface area contributed by atoms with Crippen LogP contribution in [0.4, 0.5) is 17.6 Å². The molecule has 0 fully saturated rings. The Morgan fingerprint density at radius 3 is 1.74 bits per heavy atom. The number of ketones is 3. The largest absolute Gasteiger partial charge is 0.293 e. The van der Waals surface area contributed by atoms with Crippen LogP contribution in [0.5, 0.6) is 0 Å². The molecule has 1 aliphatic carbocycles. The van der Waals surface area contributed by atoms with Crippen molar-refractivity contribution in [3.63, 3.8) is 0 Å². The van der Waals surface area contributed by atoms with Crippen molar-refractivity contribution in [3.8, 4) is 0 Å². The van der Waals surface area contributed by atoms with Gasteiger partial charge in [0, 0.05) is 11.1 Å². The van der Waals surface area contributed by atoms with Crippen LogP contribution in [0.1, 0.15) is 20.7 Å². The van der Waals surface area contributed by atoms with Crippen molar-refractivity contribution in [2.75, 3.05) is 0 Å². The second-order valence-electron chi connectivity index (χ2n) is 5.75. The Morgan fingerprint density at radius 1 is 0.741 bits per heavy atom. The lowest BCUT2D eigenvalue weighted by atomic mass is 9.85. The minimum absolute atomic E-state index is 0.111. The number of carbonyl (C=O) groups is 3. The number of hydrogen-bond acceptors (Lipinski definition) is 3. The molecule has 27 heavy (non-hydrogen) atoms. The third-order valence-electron chi connectivity index (χ3n) is 4.01. The Kier molecular flexibility index (Phi) is 4.85. The van der Waals surface area contributed by atoms with Crippen molar-refractivity contribution in [3.05, 3.63) is 94.6 Å². The monoisotopic (exact) mass is 374 g/mol. The summed E-state index contributed by atoms with van der Waals surface area (Å²) in [6.07, 6.45) is 0.549. The van der Waals surface area contributed by atoms with Gasteiger partial charge in [0.15, 0.2) is 17.4 Å². The second kappa shape index (κ2) is 7.11. The predicted octanol–water partition coefficient (Wildman–Crippen LogP) is 4.31. The predicted molar refractivity (Wildman–Crippen MR) is 87.3 cm³/mol. The molecule has 0 saturated carbocycles. The van der Waals surface area contributed by atoms with E-state index in [1.807, 2.05) is 0 Å². The van der Waals surface area contributed by atoms with Gasteiger partial charge in [0.05, 0.1) is 5.57 Å². The van der Waals surface area contributed by atoms with Crippen molar-refractivity contribution >= 4 is 17.3 Å². The van der Waals surface area contributed by atoms with Gasteiger partial charge in [-0.25, -0.2) is 17.6 Å². The first-order valence-electron chi connectivity index (χ1n) is 7.71. The number of allylic oxidation sites excluding steroid dienone is 4. The molecular weight excluding hydrogens is 364 g/mol. The summed E-state index contributed by atoms with van der Waals surface area (Å²) >= 11 is 0. The molecule has 1 unspecified atom stereocenters. The average molecular weight is 374 g/mol. The van der Waals surface area contributed by atoms with Crippen LogP contribution in [0.3, 0.4) is 0 Å². The van der Waals surface area contributed by atoms with Gasteiger partial charge >= 0.3 is 0 Å². The Morgan fingerprint density at radius 2 is 1.22 bits per heavy atom. The molecule has 1 aliphatic rings. The highest BCUT2D eigenvalue weighted by atomic mass is 19.1. The molecule has 0 heterocycles. The van der Waals surface area contributed by atoms with Crippen LogP contribution < -0.4 is 0 Å². The molecule has 2 aromatic rings. The number of rotatable bonds is 4.